The van der Waals surface area contributed by atoms with Gasteiger partial charge in [-0.05, 0) is 66.6 Å². The second kappa shape index (κ2) is 9.15. The molecule has 1 aromatic heterocycles. The van der Waals surface area contributed by atoms with E-state index >= 15 is 0 Å². The Labute approximate surface area is 170 Å². The van der Waals surface area contributed by atoms with Crippen molar-refractivity contribution in [2.45, 2.75) is 33.1 Å². The monoisotopic (exact) mass is 388 g/mol. The van der Waals surface area contributed by atoms with Crippen molar-refractivity contribution >= 4 is 11.7 Å². The average Bonchev–Trinajstić information content (AvgIpc) is 2.70. The molecule has 0 fully saturated rings. The van der Waals surface area contributed by atoms with Crippen molar-refractivity contribution in [3.63, 3.8) is 0 Å². The van der Waals surface area contributed by atoms with Gasteiger partial charge < -0.3 is 10.3 Å². The van der Waals surface area contributed by atoms with Crippen LogP contribution in [0.15, 0.2) is 65.9 Å². The number of carboxylic acid groups (broad SMARTS) is 1. The molecule has 1 heterocycles. The fraction of sp³-hybridized carbons (Fsp3) is 0.208. The number of benzene rings is 2. The van der Waals surface area contributed by atoms with Crippen LogP contribution in [-0.2, 0) is 17.6 Å². The van der Waals surface area contributed by atoms with E-state index in [4.69, 9.17) is 5.11 Å². The molecule has 148 valence electrons. The Morgan fingerprint density at radius 3 is 2.41 bits per heavy atom. The van der Waals surface area contributed by atoms with Crippen LogP contribution in [0.3, 0.4) is 0 Å². The first kappa shape index (κ1) is 20.3. The minimum atomic E-state index is -0.841. The molecule has 5 heteroatoms. The van der Waals surface area contributed by atoms with Crippen LogP contribution in [0.1, 0.15) is 34.4 Å². The van der Waals surface area contributed by atoms with Crippen molar-refractivity contribution in [1.29, 1.82) is 0 Å². The number of nitrogens with zero attached hydrogens (tertiary/aromatic N) is 2. The number of pyridine rings is 1. The molecule has 0 aliphatic rings. The Morgan fingerprint density at radius 2 is 1.76 bits per heavy atom. The van der Waals surface area contributed by atoms with Gasteiger partial charge in [-0.3, -0.25) is 9.78 Å². The van der Waals surface area contributed by atoms with Gasteiger partial charge >= 0.3 is 5.97 Å². The zero-order chi connectivity index (χ0) is 20.8. The van der Waals surface area contributed by atoms with Crippen LogP contribution in [-0.4, -0.2) is 27.0 Å². The second-order valence-corrected chi connectivity index (χ2v) is 7.10. The van der Waals surface area contributed by atoms with Crippen LogP contribution in [0.5, 0.6) is 0 Å². The molecule has 0 spiro atoms. The molecule has 0 aliphatic heterocycles. The SMILES string of the molecule is Cc1cc(-c2cccc(/C(CCc3ccc(CC(=O)O)cc3)=N\O)c2C)ccn1. The fourth-order valence-electron chi connectivity index (χ4n) is 3.47. The van der Waals surface area contributed by atoms with E-state index in [1.54, 1.807) is 6.20 Å². The summed E-state index contributed by atoms with van der Waals surface area (Å²) in [7, 11) is 0. The lowest BCUT2D eigenvalue weighted by Crippen LogP contribution is -2.06. The molecule has 5 nitrogen and oxygen atoms in total. The first-order valence-electron chi connectivity index (χ1n) is 9.51. The number of aliphatic carboxylic acids is 1. The van der Waals surface area contributed by atoms with Gasteiger partial charge in [0.1, 0.15) is 0 Å². The fourth-order valence-corrected chi connectivity index (χ4v) is 3.47. The number of hydrogen-bond donors (Lipinski definition) is 2. The van der Waals surface area contributed by atoms with E-state index in [1.807, 2.05) is 62.4 Å². The van der Waals surface area contributed by atoms with Crippen molar-refractivity contribution in [3.05, 3.63) is 88.7 Å². The summed E-state index contributed by atoms with van der Waals surface area (Å²) in [5.74, 6) is -0.841. The molecule has 2 aromatic carbocycles. The van der Waals surface area contributed by atoms with Gasteiger partial charge in [0, 0.05) is 17.5 Å². The van der Waals surface area contributed by atoms with E-state index in [1.165, 1.54) is 0 Å². The third kappa shape index (κ3) is 5.08. The van der Waals surface area contributed by atoms with E-state index in [0.717, 1.165) is 39.1 Å². The molecule has 0 radical (unpaired) electrons. The summed E-state index contributed by atoms with van der Waals surface area (Å²) in [6.07, 6.45) is 3.09. The second-order valence-electron chi connectivity index (χ2n) is 7.10. The number of aryl methyl sites for hydroxylation is 2. The van der Waals surface area contributed by atoms with E-state index in [0.29, 0.717) is 18.6 Å². The standard InChI is InChI=1S/C24H24N2O3/c1-16-14-20(12-13-25-16)21-4-3-5-22(17(21)2)23(26-29)11-10-18-6-8-19(9-7-18)15-24(27)28/h3-9,12-14,29H,10-11,15H2,1-2H3,(H,27,28)/b26-23-. The molecule has 0 bridgehead atoms. The molecule has 2 N–H and O–H groups in total. The number of hydrogen-bond acceptors (Lipinski definition) is 4. The first-order chi connectivity index (χ1) is 14.0. The van der Waals surface area contributed by atoms with Gasteiger partial charge in [-0.2, -0.15) is 0 Å². The van der Waals surface area contributed by atoms with Gasteiger partial charge in [0.05, 0.1) is 12.1 Å². The van der Waals surface area contributed by atoms with Crippen molar-refractivity contribution in [3.8, 4) is 11.1 Å². The van der Waals surface area contributed by atoms with Gasteiger partial charge in [0.15, 0.2) is 0 Å². The molecular formula is C24H24N2O3. The van der Waals surface area contributed by atoms with Crippen molar-refractivity contribution in [2.24, 2.45) is 5.16 Å². The third-order valence-corrected chi connectivity index (χ3v) is 5.00. The molecular weight excluding hydrogens is 364 g/mol. The predicted molar refractivity (Wildman–Crippen MR) is 114 cm³/mol. The number of aromatic nitrogens is 1. The van der Waals surface area contributed by atoms with Crippen LogP contribution in [0, 0.1) is 13.8 Å². The maximum absolute atomic E-state index is 10.8. The zero-order valence-corrected chi connectivity index (χ0v) is 16.6. The molecule has 0 atom stereocenters. The Bertz CT molecular complexity index is 1040. The minimum absolute atomic E-state index is 0.0180. The van der Waals surface area contributed by atoms with Crippen LogP contribution in [0.25, 0.3) is 11.1 Å². The third-order valence-electron chi connectivity index (χ3n) is 5.00. The molecule has 3 aromatic rings. The highest BCUT2D eigenvalue weighted by Crippen LogP contribution is 2.27. The Hall–Kier alpha value is -3.47. The summed E-state index contributed by atoms with van der Waals surface area (Å²) in [6.45, 7) is 4.00. The molecule has 3 rings (SSSR count). The summed E-state index contributed by atoms with van der Waals surface area (Å²) in [4.78, 5) is 15.1. The van der Waals surface area contributed by atoms with E-state index < -0.39 is 5.97 Å². The van der Waals surface area contributed by atoms with Gasteiger partial charge in [0.25, 0.3) is 0 Å². The van der Waals surface area contributed by atoms with Gasteiger partial charge in [-0.15, -0.1) is 0 Å². The Morgan fingerprint density at radius 1 is 1.03 bits per heavy atom. The molecule has 0 unspecified atom stereocenters. The van der Waals surface area contributed by atoms with E-state index in [2.05, 4.69) is 16.2 Å². The summed E-state index contributed by atoms with van der Waals surface area (Å²) in [5, 5.41) is 22.1. The quantitative estimate of drug-likeness (QED) is 0.346. The number of carbonyl (C=O) groups is 1. The average molecular weight is 388 g/mol. The smallest absolute Gasteiger partial charge is 0.307 e. The summed E-state index contributed by atoms with van der Waals surface area (Å²) in [6, 6.07) is 17.5. The lowest BCUT2D eigenvalue weighted by molar-refractivity contribution is -0.136. The van der Waals surface area contributed by atoms with Crippen LogP contribution >= 0.6 is 0 Å². The largest absolute Gasteiger partial charge is 0.481 e. The Kier molecular flexibility index (Phi) is 6.39. The molecule has 0 amide bonds. The minimum Gasteiger partial charge on any atom is -0.481 e. The van der Waals surface area contributed by atoms with Crippen molar-refractivity contribution < 1.29 is 15.1 Å². The van der Waals surface area contributed by atoms with Crippen LogP contribution in [0.4, 0.5) is 0 Å². The van der Waals surface area contributed by atoms with Gasteiger partial charge in [-0.1, -0.05) is 47.6 Å². The van der Waals surface area contributed by atoms with Gasteiger partial charge in [0.2, 0.25) is 0 Å². The number of carboxylic acids is 1. The molecule has 29 heavy (non-hydrogen) atoms. The summed E-state index contributed by atoms with van der Waals surface area (Å²) >= 11 is 0. The summed E-state index contributed by atoms with van der Waals surface area (Å²) < 4.78 is 0. The number of oxime groups is 1. The maximum Gasteiger partial charge on any atom is 0.307 e. The maximum atomic E-state index is 10.8. The molecule has 0 saturated heterocycles. The molecule has 0 saturated carbocycles. The normalized spacial score (nSPS) is 11.4. The lowest BCUT2D eigenvalue weighted by Gasteiger charge is -2.13. The predicted octanol–water partition coefficient (Wildman–Crippen LogP) is 4.80. The van der Waals surface area contributed by atoms with Crippen LogP contribution in [0.2, 0.25) is 0 Å². The van der Waals surface area contributed by atoms with Crippen molar-refractivity contribution in [1.82, 2.24) is 4.98 Å². The van der Waals surface area contributed by atoms with Gasteiger partial charge in [-0.25, -0.2) is 0 Å². The van der Waals surface area contributed by atoms with E-state index in [9.17, 15) is 10.0 Å². The highest BCUT2D eigenvalue weighted by atomic mass is 16.4. The number of rotatable bonds is 7. The highest BCUT2D eigenvalue weighted by molar-refractivity contribution is 6.02. The van der Waals surface area contributed by atoms with Crippen LogP contribution < -0.4 is 0 Å². The highest BCUT2D eigenvalue weighted by Gasteiger charge is 2.12. The van der Waals surface area contributed by atoms with Crippen molar-refractivity contribution in [2.75, 3.05) is 0 Å². The zero-order valence-electron chi connectivity index (χ0n) is 16.6. The Balaban J connectivity index is 1.78. The topological polar surface area (TPSA) is 82.8 Å². The first-order valence-corrected chi connectivity index (χ1v) is 9.51. The molecule has 0 aliphatic carbocycles. The lowest BCUT2D eigenvalue weighted by atomic mass is 9.92. The van der Waals surface area contributed by atoms with E-state index in [-0.39, 0.29) is 6.42 Å². The summed E-state index contributed by atoms with van der Waals surface area (Å²) in [5.41, 5.74) is 7.58.